The van der Waals surface area contributed by atoms with E-state index in [1.54, 1.807) is 13.8 Å². The Morgan fingerprint density at radius 3 is 2.18 bits per heavy atom. The fourth-order valence-corrected chi connectivity index (χ4v) is 2.11. The van der Waals surface area contributed by atoms with Gasteiger partial charge in [0, 0.05) is 19.4 Å². The highest BCUT2D eigenvalue weighted by Gasteiger charge is 2.47. The maximum Gasteiger partial charge on any atom is 0.341 e. The molecule has 0 saturated heterocycles. The highest BCUT2D eigenvalue weighted by Crippen LogP contribution is 2.19. The van der Waals surface area contributed by atoms with E-state index < -0.39 is 35.8 Å². The number of halogens is 1. The normalized spacial score (nSPS) is 14.2. The van der Waals surface area contributed by atoms with Crippen LogP contribution >= 0.6 is 11.6 Å². The van der Waals surface area contributed by atoms with E-state index in [0.717, 1.165) is 6.92 Å². The Hall–Kier alpha value is -1.38. The third-order valence-electron chi connectivity index (χ3n) is 2.92. The maximum absolute atomic E-state index is 11.3. The molecule has 0 aliphatic rings. The second-order valence-corrected chi connectivity index (χ2v) is 4.98. The molecule has 1 amide bonds. The van der Waals surface area contributed by atoms with Crippen LogP contribution in [0.15, 0.2) is 0 Å². The van der Waals surface area contributed by atoms with Crippen molar-refractivity contribution in [3.63, 3.8) is 0 Å². The SMILES string of the molecule is CCOC(C)OC(CCl)CCC(NC(C)=O)(C(=O)O)C(=O)O. The summed E-state index contributed by atoms with van der Waals surface area (Å²) >= 11 is 5.74. The van der Waals surface area contributed by atoms with Gasteiger partial charge in [0.05, 0.1) is 6.10 Å². The number of rotatable bonds is 11. The van der Waals surface area contributed by atoms with Gasteiger partial charge in [0.25, 0.3) is 0 Å². The van der Waals surface area contributed by atoms with Crippen molar-refractivity contribution in [1.29, 1.82) is 0 Å². The molecule has 0 heterocycles. The van der Waals surface area contributed by atoms with Gasteiger partial charge in [-0.1, -0.05) is 0 Å². The molecule has 8 nitrogen and oxygen atoms in total. The van der Waals surface area contributed by atoms with Gasteiger partial charge in [-0.15, -0.1) is 11.6 Å². The maximum atomic E-state index is 11.3. The molecule has 2 unspecified atom stereocenters. The smallest absolute Gasteiger partial charge is 0.341 e. The molecule has 0 saturated carbocycles. The van der Waals surface area contributed by atoms with Crippen LogP contribution < -0.4 is 5.32 Å². The number of amides is 1. The van der Waals surface area contributed by atoms with Gasteiger partial charge in [0.15, 0.2) is 6.29 Å². The number of alkyl halides is 1. The third-order valence-corrected chi connectivity index (χ3v) is 3.26. The molecule has 0 spiro atoms. The molecule has 0 aromatic rings. The molecule has 0 aromatic carbocycles. The number of carboxylic acids is 2. The van der Waals surface area contributed by atoms with Crippen molar-refractivity contribution in [2.24, 2.45) is 0 Å². The summed E-state index contributed by atoms with van der Waals surface area (Å²) in [6, 6.07) is 0. The number of hydrogen-bond acceptors (Lipinski definition) is 5. The van der Waals surface area contributed by atoms with Crippen molar-refractivity contribution >= 4 is 29.4 Å². The lowest BCUT2D eigenvalue weighted by Gasteiger charge is -2.28. The lowest BCUT2D eigenvalue weighted by atomic mass is 9.92. The number of ether oxygens (including phenoxy) is 2. The van der Waals surface area contributed by atoms with Crippen LogP contribution in [-0.4, -0.2) is 58.5 Å². The Bertz CT molecular complexity index is 388. The van der Waals surface area contributed by atoms with Crippen LogP contribution in [0.2, 0.25) is 0 Å². The van der Waals surface area contributed by atoms with Crippen molar-refractivity contribution in [2.45, 2.75) is 51.5 Å². The molecule has 0 aliphatic heterocycles. The molecule has 0 fully saturated rings. The Balaban J connectivity index is 4.96. The van der Waals surface area contributed by atoms with Crippen molar-refractivity contribution in [1.82, 2.24) is 5.32 Å². The van der Waals surface area contributed by atoms with Gasteiger partial charge in [-0.3, -0.25) is 4.79 Å². The van der Waals surface area contributed by atoms with Crippen molar-refractivity contribution in [3.8, 4) is 0 Å². The summed E-state index contributed by atoms with van der Waals surface area (Å²) in [5.41, 5.74) is -2.41. The lowest BCUT2D eigenvalue weighted by molar-refractivity contribution is -0.165. The van der Waals surface area contributed by atoms with Gasteiger partial charge < -0.3 is 25.0 Å². The molecular weight excluding hydrogens is 318 g/mol. The van der Waals surface area contributed by atoms with Gasteiger partial charge in [-0.2, -0.15) is 0 Å². The van der Waals surface area contributed by atoms with Crippen LogP contribution in [0.1, 0.15) is 33.6 Å². The standard InChI is InChI=1S/C13H22ClNO7/c1-4-21-9(3)22-10(7-14)5-6-13(11(17)18,12(19)20)15-8(2)16/h9-10H,4-7H2,1-3H3,(H,15,16)(H,17,18)(H,19,20). The summed E-state index contributed by atoms with van der Waals surface area (Å²) in [5.74, 6) is -4.02. The van der Waals surface area contributed by atoms with Crippen molar-refractivity contribution in [3.05, 3.63) is 0 Å². The molecule has 3 N–H and O–H groups in total. The van der Waals surface area contributed by atoms with Crippen LogP contribution in [-0.2, 0) is 23.9 Å². The summed E-state index contributed by atoms with van der Waals surface area (Å²) in [6.07, 6.45) is -1.50. The third kappa shape index (κ3) is 6.17. The summed E-state index contributed by atoms with van der Waals surface area (Å²) < 4.78 is 10.6. The number of hydrogen-bond donors (Lipinski definition) is 3. The predicted octanol–water partition coefficient (Wildman–Crippen LogP) is 0.817. The highest BCUT2D eigenvalue weighted by molar-refractivity contribution is 6.18. The van der Waals surface area contributed by atoms with Gasteiger partial charge in [0.2, 0.25) is 11.4 Å². The summed E-state index contributed by atoms with van der Waals surface area (Å²) in [6.45, 7) is 4.91. The Labute approximate surface area is 133 Å². The number of carboxylic acid groups (broad SMARTS) is 2. The van der Waals surface area contributed by atoms with E-state index in [-0.39, 0.29) is 18.7 Å². The van der Waals surface area contributed by atoms with E-state index in [4.69, 9.17) is 21.1 Å². The molecular formula is C13H22ClNO7. The molecule has 0 aromatic heterocycles. The van der Waals surface area contributed by atoms with Gasteiger partial charge in [0.1, 0.15) is 0 Å². The van der Waals surface area contributed by atoms with Crippen molar-refractivity contribution < 1.29 is 34.1 Å². The quantitative estimate of drug-likeness (QED) is 0.289. The average molecular weight is 340 g/mol. The number of aliphatic carboxylic acids is 2. The molecule has 2 atom stereocenters. The number of nitrogens with one attached hydrogen (secondary N) is 1. The Morgan fingerprint density at radius 2 is 1.82 bits per heavy atom. The topological polar surface area (TPSA) is 122 Å². The average Bonchev–Trinajstić information content (AvgIpc) is 2.40. The first kappa shape index (κ1) is 20.6. The minimum atomic E-state index is -2.41. The van der Waals surface area contributed by atoms with E-state index in [2.05, 4.69) is 0 Å². The summed E-state index contributed by atoms with van der Waals surface area (Å²) in [5, 5.41) is 20.4. The summed E-state index contributed by atoms with van der Waals surface area (Å²) in [7, 11) is 0. The van der Waals surface area contributed by atoms with E-state index in [1.165, 1.54) is 0 Å². The minimum Gasteiger partial charge on any atom is -0.479 e. The molecule has 22 heavy (non-hydrogen) atoms. The predicted molar refractivity (Wildman–Crippen MR) is 77.7 cm³/mol. The zero-order chi connectivity index (χ0) is 17.3. The van der Waals surface area contributed by atoms with Crippen LogP contribution in [0.4, 0.5) is 0 Å². The first-order valence-corrected chi connectivity index (χ1v) is 7.31. The largest absolute Gasteiger partial charge is 0.479 e. The van der Waals surface area contributed by atoms with Crippen LogP contribution in [0.5, 0.6) is 0 Å². The van der Waals surface area contributed by atoms with Gasteiger partial charge >= 0.3 is 11.9 Å². The van der Waals surface area contributed by atoms with Crippen molar-refractivity contribution in [2.75, 3.05) is 12.5 Å². The second kappa shape index (κ2) is 9.60. The highest BCUT2D eigenvalue weighted by atomic mass is 35.5. The molecule has 0 bridgehead atoms. The Morgan fingerprint density at radius 1 is 1.27 bits per heavy atom. The fraction of sp³-hybridized carbons (Fsp3) is 0.769. The number of carbonyl (C=O) groups excluding carboxylic acids is 1. The van der Waals surface area contributed by atoms with E-state index in [0.29, 0.717) is 6.61 Å². The summed E-state index contributed by atoms with van der Waals surface area (Å²) in [4.78, 5) is 33.8. The van der Waals surface area contributed by atoms with Crippen LogP contribution in [0.25, 0.3) is 0 Å². The van der Waals surface area contributed by atoms with Crippen LogP contribution in [0.3, 0.4) is 0 Å². The van der Waals surface area contributed by atoms with Gasteiger partial charge in [-0.05, 0) is 26.7 Å². The number of carbonyl (C=O) groups is 3. The zero-order valence-electron chi connectivity index (χ0n) is 12.8. The van der Waals surface area contributed by atoms with Gasteiger partial charge in [-0.25, -0.2) is 9.59 Å². The fourth-order valence-electron chi connectivity index (χ4n) is 1.88. The van der Waals surface area contributed by atoms with Crippen LogP contribution in [0, 0.1) is 0 Å². The molecule has 0 radical (unpaired) electrons. The first-order chi connectivity index (χ1) is 10.2. The van der Waals surface area contributed by atoms with E-state index in [9.17, 15) is 24.6 Å². The monoisotopic (exact) mass is 339 g/mol. The molecule has 9 heteroatoms. The Kier molecular flexibility index (Phi) is 9.00. The molecule has 0 rings (SSSR count). The first-order valence-electron chi connectivity index (χ1n) is 6.78. The molecule has 128 valence electrons. The lowest BCUT2D eigenvalue weighted by Crippen LogP contribution is -2.60. The molecule has 0 aliphatic carbocycles. The zero-order valence-corrected chi connectivity index (χ0v) is 13.6. The minimum absolute atomic E-state index is 0.0276. The second-order valence-electron chi connectivity index (χ2n) is 4.67. The van der Waals surface area contributed by atoms with E-state index >= 15 is 0 Å². The van der Waals surface area contributed by atoms with E-state index in [1.807, 2.05) is 5.32 Å².